The van der Waals surface area contributed by atoms with Crippen LogP contribution in [0.1, 0.15) is 30.1 Å². The summed E-state index contributed by atoms with van der Waals surface area (Å²) in [7, 11) is 2.05. The Morgan fingerprint density at radius 2 is 2.11 bits per heavy atom. The molecule has 4 aromatic rings. The maximum Gasteiger partial charge on any atom is 0.258 e. The minimum absolute atomic E-state index is 0.118. The molecule has 0 atom stereocenters. The summed E-state index contributed by atoms with van der Waals surface area (Å²) in [6.45, 7) is 0.441. The molecule has 0 aliphatic heterocycles. The second-order valence-electron chi connectivity index (χ2n) is 7.09. The second kappa shape index (κ2) is 6.90. The van der Waals surface area contributed by atoms with Crippen LogP contribution in [0.5, 0.6) is 5.75 Å². The molecule has 1 aliphatic rings. The van der Waals surface area contributed by atoms with Gasteiger partial charge in [-0.3, -0.25) is 9.36 Å². The highest BCUT2D eigenvalue weighted by atomic mass is 79.9. The first kappa shape index (κ1) is 17.7. The lowest BCUT2D eigenvalue weighted by atomic mass is 10.2. The molecule has 1 aromatic carbocycles. The van der Waals surface area contributed by atoms with Gasteiger partial charge in [-0.25, -0.2) is 4.98 Å². The lowest BCUT2D eigenvalue weighted by molar-refractivity contribution is 0.305. The van der Waals surface area contributed by atoms with E-state index in [-0.39, 0.29) is 5.56 Å². The van der Waals surface area contributed by atoms with E-state index in [0.29, 0.717) is 18.3 Å². The summed E-state index contributed by atoms with van der Waals surface area (Å²) in [5.41, 5.74) is 3.82. The molecule has 0 N–H and O–H groups in total. The minimum atomic E-state index is -0.118. The number of hydrogen-bond acceptors (Lipinski definition) is 4. The number of imidazole rings is 1. The topological polar surface area (TPSA) is 49.0 Å². The summed E-state index contributed by atoms with van der Waals surface area (Å²) < 4.78 is 10.6. The number of hydrogen-bond donors (Lipinski definition) is 0. The van der Waals surface area contributed by atoms with E-state index in [1.54, 1.807) is 22.1 Å². The Morgan fingerprint density at radius 1 is 1.25 bits per heavy atom. The molecule has 0 amide bonds. The fourth-order valence-electron chi connectivity index (χ4n) is 3.41. The number of ether oxygens (including phenoxy) is 1. The van der Waals surface area contributed by atoms with Crippen LogP contribution in [0, 0.1) is 0 Å². The average molecular weight is 456 g/mol. The van der Waals surface area contributed by atoms with Crippen molar-refractivity contribution in [1.29, 1.82) is 0 Å². The number of aryl methyl sites for hydroxylation is 1. The first-order valence-electron chi connectivity index (χ1n) is 9.13. The summed E-state index contributed by atoms with van der Waals surface area (Å²) >= 11 is 5.06. The Morgan fingerprint density at radius 3 is 2.82 bits per heavy atom. The number of rotatable bonds is 5. The Kier molecular flexibility index (Phi) is 4.36. The smallest absolute Gasteiger partial charge is 0.258 e. The monoisotopic (exact) mass is 455 g/mol. The molecule has 3 aromatic heterocycles. The molecule has 0 radical (unpaired) electrons. The molecule has 142 valence electrons. The van der Waals surface area contributed by atoms with E-state index >= 15 is 0 Å². The third-order valence-corrected chi connectivity index (χ3v) is 6.59. The predicted molar refractivity (Wildman–Crippen MR) is 115 cm³/mol. The van der Waals surface area contributed by atoms with Crippen LogP contribution in [0.3, 0.4) is 0 Å². The fraction of sp³-hybridized carbons (Fsp3) is 0.238. The molecule has 0 unspecified atom stereocenters. The van der Waals surface area contributed by atoms with Crippen LogP contribution in [0.25, 0.3) is 16.7 Å². The highest BCUT2D eigenvalue weighted by molar-refractivity contribution is 9.11. The number of thiophene rings is 1. The summed E-state index contributed by atoms with van der Waals surface area (Å²) in [5.74, 6) is 2.30. The van der Waals surface area contributed by atoms with E-state index in [2.05, 4.69) is 27.5 Å². The largest absolute Gasteiger partial charge is 0.489 e. The zero-order chi connectivity index (χ0) is 19.3. The molecular formula is C21H18BrN3O2S. The number of nitrogens with zero attached hydrogens (tertiary/aromatic N) is 3. The summed E-state index contributed by atoms with van der Waals surface area (Å²) in [4.78, 5) is 17.4. The lowest BCUT2D eigenvalue weighted by Crippen LogP contribution is -2.16. The van der Waals surface area contributed by atoms with Gasteiger partial charge < -0.3 is 9.30 Å². The van der Waals surface area contributed by atoms with Crippen molar-refractivity contribution >= 4 is 38.3 Å². The maximum atomic E-state index is 12.7. The molecule has 1 fully saturated rings. The Labute approximate surface area is 174 Å². The Balaban J connectivity index is 1.42. The van der Waals surface area contributed by atoms with Gasteiger partial charge in [-0.2, -0.15) is 0 Å². The standard InChI is InChI=1S/C21H18BrN3O2S/c1-24-18-9-15(4-5-17(18)23-21(24)14-2-3-14)25-7-6-16(10-20(25)26)27-11-13-8-19(22)28-12-13/h4-10,12,14H,2-3,11H2,1H3. The molecule has 5 rings (SSSR count). The normalized spacial score (nSPS) is 13.9. The van der Waals surface area contributed by atoms with Gasteiger partial charge in [0.15, 0.2) is 0 Å². The van der Waals surface area contributed by atoms with Crippen molar-refractivity contribution in [2.24, 2.45) is 7.05 Å². The van der Waals surface area contributed by atoms with Crippen LogP contribution in [-0.4, -0.2) is 14.1 Å². The zero-order valence-corrected chi connectivity index (χ0v) is 17.7. The van der Waals surface area contributed by atoms with Gasteiger partial charge in [-0.15, -0.1) is 11.3 Å². The molecule has 5 nitrogen and oxygen atoms in total. The number of pyridine rings is 1. The van der Waals surface area contributed by atoms with E-state index in [1.807, 2.05) is 35.7 Å². The molecule has 3 heterocycles. The van der Waals surface area contributed by atoms with Crippen molar-refractivity contribution in [2.75, 3.05) is 0 Å². The van der Waals surface area contributed by atoms with E-state index in [1.165, 1.54) is 18.9 Å². The molecule has 7 heteroatoms. The summed E-state index contributed by atoms with van der Waals surface area (Å²) in [6, 6.07) is 11.3. The van der Waals surface area contributed by atoms with Gasteiger partial charge in [0.2, 0.25) is 0 Å². The zero-order valence-electron chi connectivity index (χ0n) is 15.3. The van der Waals surface area contributed by atoms with Crippen molar-refractivity contribution in [3.63, 3.8) is 0 Å². The van der Waals surface area contributed by atoms with Gasteiger partial charge in [-0.05, 0) is 64.5 Å². The number of halogens is 1. The predicted octanol–water partition coefficient (Wildman–Crippen LogP) is 5.00. The van der Waals surface area contributed by atoms with Crippen molar-refractivity contribution in [1.82, 2.24) is 14.1 Å². The molecule has 28 heavy (non-hydrogen) atoms. The minimum Gasteiger partial charge on any atom is -0.489 e. The van der Waals surface area contributed by atoms with E-state index in [9.17, 15) is 4.79 Å². The van der Waals surface area contributed by atoms with Gasteiger partial charge in [-0.1, -0.05) is 0 Å². The number of benzene rings is 1. The SMILES string of the molecule is Cn1c(C2CC2)nc2ccc(-n3ccc(OCc4csc(Br)c4)cc3=O)cc21. The molecular weight excluding hydrogens is 438 g/mol. The third kappa shape index (κ3) is 3.29. The summed E-state index contributed by atoms with van der Waals surface area (Å²) in [6.07, 6.45) is 4.20. The molecule has 1 aliphatic carbocycles. The third-order valence-electron chi connectivity index (χ3n) is 5.04. The van der Waals surface area contributed by atoms with Crippen LogP contribution < -0.4 is 10.3 Å². The van der Waals surface area contributed by atoms with Crippen LogP contribution in [0.2, 0.25) is 0 Å². The van der Waals surface area contributed by atoms with Crippen LogP contribution in [0.15, 0.2) is 56.6 Å². The summed E-state index contributed by atoms with van der Waals surface area (Å²) in [5, 5.41) is 2.03. The number of aromatic nitrogens is 3. The van der Waals surface area contributed by atoms with Crippen molar-refractivity contribution < 1.29 is 4.74 Å². The highest BCUT2D eigenvalue weighted by Gasteiger charge is 2.28. The molecule has 0 spiro atoms. The Bertz CT molecular complexity index is 1240. The fourth-order valence-corrected chi connectivity index (χ4v) is 4.60. The molecule has 0 saturated heterocycles. The first-order chi connectivity index (χ1) is 13.6. The van der Waals surface area contributed by atoms with E-state index in [0.717, 1.165) is 31.9 Å². The quantitative estimate of drug-likeness (QED) is 0.425. The van der Waals surface area contributed by atoms with Gasteiger partial charge in [0.25, 0.3) is 5.56 Å². The number of fused-ring (bicyclic) bond motifs is 1. The van der Waals surface area contributed by atoms with Crippen LogP contribution >= 0.6 is 27.3 Å². The maximum absolute atomic E-state index is 12.7. The van der Waals surface area contributed by atoms with Crippen molar-refractivity contribution in [2.45, 2.75) is 25.4 Å². The highest BCUT2D eigenvalue weighted by Crippen LogP contribution is 2.40. The Hall–Kier alpha value is -2.38. The lowest BCUT2D eigenvalue weighted by Gasteiger charge is -2.09. The van der Waals surface area contributed by atoms with Crippen molar-refractivity contribution in [3.05, 3.63) is 73.5 Å². The van der Waals surface area contributed by atoms with Crippen LogP contribution in [0.4, 0.5) is 0 Å². The molecule has 0 bridgehead atoms. The van der Waals surface area contributed by atoms with Gasteiger partial charge in [0, 0.05) is 30.8 Å². The van der Waals surface area contributed by atoms with E-state index in [4.69, 9.17) is 9.72 Å². The van der Waals surface area contributed by atoms with Crippen LogP contribution in [-0.2, 0) is 13.7 Å². The second-order valence-corrected chi connectivity index (χ2v) is 9.39. The van der Waals surface area contributed by atoms with E-state index < -0.39 is 0 Å². The van der Waals surface area contributed by atoms with Gasteiger partial charge in [0.05, 0.1) is 20.5 Å². The first-order valence-corrected chi connectivity index (χ1v) is 10.8. The average Bonchev–Trinajstić information content (AvgIpc) is 3.37. The van der Waals surface area contributed by atoms with Crippen molar-refractivity contribution in [3.8, 4) is 11.4 Å². The molecule has 1 saturated carbocycles. The van der Waals surface area contributed by atoms with Gasteiger partial charge >= 0.3 is 0 Å². The van der Waals surface area contributed by atoms with Gasteiger partial charge in [0.1, 0.15) is 18.2 Å².